The molecule has 0 bridgehead atoms. The lowest BCUT2D eigenvalue weighted by molar-refractivity contribution is 0.114. The maximum absolute atomic E-state index is 9.96. The van der Waals surface area contributed by atoms with Gasteiger partial charge in [0.05, 0.1) is 13.2 Å². The Balaban J connectivity index is 0.00000484. The van der Waals surface area contributed by atoms with Crippen LogP contribution >= 0.6 is 24.0 Å². The smallest absolute Gasteiger partial charge is 0.191 e. The molecule has 7 heteroatoms. The topological polar surface area (TPSA) is 75.1 Å². The van der Waals surface area contributed by atoms with E-state index in [0.717, 1.165) is 17.9 Å². The molecule has 0 spiro atoms. The molecule has 1 aromatic rings. The van der Waals surface area contributed by atoms with Gasteiger partial charge in [0.1, 0.15) is 18.5 Å². The largest absolute Gasteiger partial charge is 0.491 e. The van der Waals surface area contributed by atoms with E-state index in [0.29, 0.717) is 19.1 Å². The Bertz CT molecular complexity index is 458. The first kappa shape index (κ1) is 21.9. The van der Waals surface area contributed by atoms with Crippen LogP contribution in [-0.2, 0) is 4.74 Å². The Hall–Kier alpha value is -1.06. The molecule has 3 N–H and O–H groups in total. The van der Waals surface area contributed by atoms with Crippen molar-refractivity contribution in [3.63, 3.8) is 0 Å². The summed E-state index contributed by atoms with van der Waals surface area (Å²) in [6.07, 6.45) is -0.654. The molecule has 0 radical (unpaired) electrons. The highest BCUT2D eigenvalue weighted by Crippen LogP contribution is 2.12. The zero-order chi connectivity index (χ0) is 16.2. The van der Waals surface area contributed by atoms with E-state index in [-0.39, 0.29) is 37.1 Å². The molecule has 1 aromatic carbocycles. The van der Waals surface area contributed by atoms with Crippen molar-refractivity contribution < 1.29 is 14.6 Å². The van der Waals surface area contributed by atoms with Gasteiger partial charge in [0.15, 0.2) is 5.96 Å². The molecule has 0 heterocycles. The van der Waals surface area contributed by atoms with Crippen LogP contribution < -0.4 is 15.4 Å². The number of benzene rings is 1. The lowest BCUT2D eigenvalue weighted by atomic mass is 10.2. The summed E-state index contributed by atoms with van der Waals surface area (Å²) < 4.78 is 10.5. The Kier molecular flexibility index (Phi) is 12.8. The summed E-state index contributed by atoms with van der Waals surface area (Å²) in [6.45, 7) is 6.50. The Morgan fingerprint density at radius 3 is 2.78 bits per heavy atom. The average Bonchev–Trinajstić information content (AvgIpc) is 2.51. The summed E-state index contributed by atoms with van der Waals surface area (Å²) in [7, 11) is 1.65. The molecular formula is C16H28IN3O3. The predicted octanol–water partition coefficient (Wildman–Crippen LogP) is 1.55. The van der Waals surface area contributed by atoms with E-state index >= 15 is 0 Å². The van der Waals surface area contributed by atoms with Crippen LogP contribution in [0.5, 0.6) is 5.75 Å². The van der Waals surface area contributed by atoms with Crippen LogP contribution in [-0.4, -0.2) is 57.1 Å². The van der Waals surface area contributed by atoms with Gasteiger partial charge in [-0.15, -0.1) is 24.0 Å². The number of ether oxygens (including phenoxy) is 2. The van der Waals surface area contributed by atoms with E-state index in [9.17, 15) is 5.11 Å². The van der Waals surface area contributed by atoms with Crippen molar-refractivity contribution >= 4 is 29.9 Å². The number of nitrogens with one attached hydrogen (secondary N) is 2. The third kappa shape index (κ3) is 10.4. The van der Waals surface area contributed by atoms with Crippen LogP contribution in [0.15, 0.2) is 29.3 Å². The third-order valence-corrected chi connectivity index (χ3v) is 2.83. The molecule has 23 heavy (non-hydrogen) atoms. The van der Waals surface area contributed by atoms with Gasteiger partial charge in [-0.2, -0.15) is 0 Å². The van der Waals surface area contributed by atoms with E-state index in [1.54, 1.807) is 7.11 Å². The van der Waals surface area contributed by atoms with Crippen LogP contribution in [0, 0.1) is 6.92 Å². The highest BCUT2D eigenvalue weighted by Gasteiger charge is 2.06. The standard InChI is InChI=1S/C16H27N3O3.HI/c1-4-17-16(18-8-9-21-3)19-11-14(20)12-22-15-7-5-6-13(2)10-15;/h5-7,10,14,20H,4,8-9,11-12H2,1-3H3,(H2,17,18,19);1H. The molecule has 0 saturated carbocycles. The van der Waals surface area contributed by atoms with E-state index < -0.39 is 6.10 Å². The SMILES string of the molecule is CCNC(=NCC(O)COc1cccc(C)c1)NCCOC.I. The number of rotatable bonds is 9. The zero-order valence-corrected chi connectivity index (χ0v) is 16.4. The van der Waals surface area contributed by atoms with Gasteiger partial charge in [0.2, 0.25) is 0 Å². The van der Waals surface area contributed by atoms with E-state index in [1.807, 2.05) is 38.1 Å². The van der Waals surface area contributed by atoms with Crippen molar-refractivity contribution in [1.29, 1.82) is 0 Å². The van der Waals surface area contributed by atoms with Crippen molar-refractivity contribution in [3.05, 3.63) is 29.8 Å². The van der Waals surface area contributed by atoms with Crippen molar-refractivity contribution in [2.45, 2.75) is 20.0 Å². The number of aryl methyl sites for hydroxylation is 1. The molecule has 0 saturated heterocycles. The summed E-state index contributed by atoms with van der Waals surface area (Å²) >= 11 is 0. The zero-order valence-electron chi connectivity index (χ0n) is 14.0. The second-order valence-corrected chi connectivity index (χ2v) is 4.92. The van der Waals surface area contributed by atoms with Crippen molar-refractivity contribution in [1.82, 2.24) is 10.6 Å². The molecule has 0 aliphatic carbocycles. The van der Waals surface area contributed by atoms with E-state index in [1.165, 1.54) is 0 Å². The molecule has 0 aromatic heterocycles. The number of methoxy groups -OCH3 is 1. The Labute approximate surface area is 155 Å². The van der Waals surface area contributed by atoms with Crippen LogP contribution in [0.1, 0.15) is 12.5 Å². The molecule has 1 unspecified atom stereocenters. The minimum absolute atomic E-state index is 0. The maximum atomic E-state index is 9.96. The predicted molar refractivity (Wildman–Crippen MR) is 104 cm³/mol. The summed E-state index contributed by atoms with van der Waals surface area (Å²) in [4.78, 5) is 4.32. The normalized spacial score (nSPS) is 12.3. The van der Waals surface area contributed by atoms with Crippen molar-refractivity contribution in [2.75, 3.05) is 40.0 Å². The van der Waals surface area contributed by atoms with Crippen LogP contribution in [0.2, 0.25) is 0 Å². The summed E-state index contributed by atoms with van der Waals surface area (Å²) in [5.74, 6) is 1.42. The molecule has 1 atom stereocenters. The van der Waals surface area contributed by atoms with Gasteiger partial charge in [-0.1, -0.05) is 12.1 Å². The second kappa shape index (κ2) is 13.4. The van der Waals surface area contributed by atoms with Gasteiger partial charge >= 0.3 is 0 Å². The highest BCUT2D eigenvalue weighted by atomic mass is 127. The van der Waals surface area contributed by atoms with Gasteiger partial charge in [-0.3, -0.25) is 4.99 Å². The Morgan fingerprint density at radius 2 is 2.13 bits per heavy atom. The average molecular weight is 437 g/mol. The van der Waals surface area contributed by atoms with Gasteiger partial charge in [-0.25, -0.2) is 0 Å². The fraction of sp³-hybridized carbons (Fsp3) is 0.562. The number of halogens is 1. The molecule has 6 nitrogen and oxygen atoms in total. The number of guanidine groups is 1. The minimum atomic E-state index is -0.654. The molecule has 0 fully saturated rings. The Morgan fingerprint density at radius 1 is 1.35 bits per heavy atom. The van der Waals surface area contributed by atoms with Crippen LogP contribution in [0.4, 0.5) is 0 Å². The lowest BCUT2D eigenvalue weighted by Crippen LogP contribution is -2.39. The summed E-state index contributed by atoms with van der Waals surface area (Å²) in [5.41, 5.74) is 1.13. The molecule has 1 rings (SSSR count). The first-order chi connectivity index (χ1) is 10.7. The van der Waals surface area contributed by atoms with Crippen molar-refractivity contribution in [2.24, 2.45) is 4.99 Å². The monoisotopic (exact) mass is 437 g/mol. The summed E-state index contributed by atoms with van der Waals surface area (Å²) in [5, 5.41) is 16.2. The van der Waals surface area contributed by atoms with Crippen LogP contribution in [0.25, 0.3) is 0 Å². The molecule has 132 valence electrons. The number of aliphatic imine (C=N–C) groups is 1. The first-order valence-electron chi connectivity index (χ1n) is 7.54. The van der Waals surface area contributed by atoms with E-state index in [4.69, 9.17) is 9.47 Å². The third-order valence-electron chi connectivity index (χ3n) is 2.83. The molecule has 0 aliphatic heterocycles. The van der Waals surface area contributed by atoms with Crippen molar-refractivity contribution in [3.8, 4) is 5.75 Å². The lowest BCUT2D eigenvalue weighted by Gasteiger charge is -2.13. The quantitative estimate of drug-likeness (QED) is 0.237. The number of aliphatic hydroxyl groups is 1. The number of nitrogens with zero attached hydrogens (tertiary/aromatic N) is 1. The number of aliphatic hydroxyl groups excluding tert-OH is 1. The molecule has 0 aliphatic rings. The van der Waals surface area contributed by atoms with Gasteiger partial charge in [-0.05, 0) is 31.5 Å². The number of hydrogen-bond acceptors (Lipinski definition) is 4. The minimum Gasteiger partial charge on any atom is -0.491 e. The van der Waals surface area contributed by atoms with Gasteiger partial charge < -0.3 is 25.2 Å². The first-order valence-corrected chi connectivity index (χ1v) is 7.54. The molecule has 0 amide bonds. The fourth-order valence-electron chi connectivity index (χ4n) is 1.76. The maximum Gasteiger partial charge on any atom is 0.191 e. The van der Waals surface area contributed by atoms with Gasteiger partial charge in [0.25, 0.3) is 0 Å². The number of hydrogen-bond donors (Lipinski definition) is 3. The summed E-state index contributed by atoms with van der Waals surface area (Å²) in [6, 6.07) is 7.74. The fourth-order valence-corrected chi connectivity index (χ4v) is 1.76. The van der Waals surface area contributed by atoms with Crippen LogP contribution in [0.3, 0.4) is 0 Å². The molecular weight excluding hydrogens is 409 g/mol. The van der Waals surface area contributed by atoms with E-state index in [2.05, 4.69) is 15.6 Å². The highest BCUT2D eigenvalue weighted by molar-refractivity contribution is 14.0. The second-order valence-electron chi connectivity index (χ2n) is 4.92. The van der Waals surface area contributed by atoms with Gasteiger partial charge in [0, 0.05) is 20.2 Å².